The van der Waals surface area contributed by atoms with Crippen LogP contribution >= 0.6 is 0 Å². The predicted octanol–water partition coefficient (Wildman–Crippen LogP) is 4.28. The SMILES string of the molecule is Cc1ccc([N+](=O)[O-])cc1NC(=O)COC(=O)c1ccc(OCc2ccccc2)cc1. The second-order valence-corrected chi connectivity index (χ2v) is 6.68. The minimum absolute atomic E-state index is 0.146. The average Bonchev–Trinajstić information content (AvgIpc) is 2.78. The number of benzene rings is 3. The Morgan fingerprint density at radius 3 is 2.39 bits per heavy atom. The number of hydrogen-bond acceptors (Lipinski definition) is 6. The highest BCUT2D eigenvalue weighted by molar-refractivity contribution is 5.96. The van der Waals surface area contributed by atoms with Crippen molar-refractivity contribution in [2.45, 2.75) is 13.5 Å². The number of rotatable bonds is 8. The quantitative estimate of drug-likeness (QED) is 0.331. The first kappa shape index (κ1) is 21.5. The van der Waals surface area contributed by atoms with Crippen molar-refractivity contribution < 1.29 is 24.0 Å². The van der Waals surface area contributed by atoms with Crippen LogP contribution in [0, 0.1) is 17.0 Å². The number of nitrogens with zero attached hydrogens (tertiary/aromatic N) is 1. The Kier molecular flexibility index (Phi) is 6.95. The third-order valence-corrected chi connectivity index (χ3v) is 4.38. The van der Waals surface area contributed by atoms with Gasteiger partial charge in [-0.15, -0.1) is 0 Å². The third-order valence-electron chi connectivity index (χ3n) is 4.38. The topological polar surface area (TPSA) is 108 Å². The number of anilines is 1. The van der Waals surface area contributed by atoms with Crippen molar-refractivity contribution in [2.75, 3.05) is 11.9 Å². The van der Waals surface area contributed by atoms with Gasteiger partial charge in [0.25, 0.3) is 11.6 Å². The van der Waals surface area contributed by atoms with Gasteiger partial charge < -0.3 is 14.8 Å². The van der Waals surface area contributed by atoms with Gasteiger partial charge in [0.1, 0.15) is 12.4 Å². The van der Waals surface area contributed by atoms with Crippen molar-refractivity contribution in [1.82, 2.24) is 0 Å². The molecule has 8 nitrogen and oxygen atoms in total. The fourth-order valence-electron chi connectivity index (χ4n) is 2.69. The van der Waals surface area contributed by atoms with Crippen molar-refractivity contribution >= 4 is 23.3 Å². The summed E-state index contributed by atoms with van der Waals surface area (Å²) in [5.74, 6) is -0.667. The van der Waals surface area contributed by atoms with E-state index < -0.39 is 23.4 Å². The molecule has 0 aromatic heterocycles. The maximum absolute atomic E-state index is 12.2. The molecule has 0 saturated heterocycles. The molecule has 0 unspecified atom stereocenters. The lowest BCUT2D eigenvalue weighted by atomic mass is 10.2. The zero-order valence-corrected chi connectivity index (χ0v) is 16.7. The Balaban J connectivity index is 1.50. The summed E-state index contributed by atoms with van der Waals surface area (Å²) in [7, 11) is 0. The molecule has 0 radical (unpaired) electrons. The molecule has 158 valence electrons. The maximum Gasteiger partial charge on any atom is 0.338 e. The van der Waals surface area contributed by atoms with Gasteiger partial charge in [-0.25, -0.2) is 4.79 Å². The summed E-state index contributed by atoms with van der Waals surface area (Å²) < 4.78 is 10.7. The third kappa shape index (κ3) is 6.14. The van der Waals surface area contributed by atoms with Gasteiger partial charge in [-0.3, -0.25) is 14.9 Å². The van der Waals surface area contributed by atoms with E-state index in [0.29, 0.717) is 17.9 Å². The molecule has 0 aliphatic rings. The molecule has 0 aliphatic heterocycles. The summed E-state index contributed by atoms with van der Waals surface area (Å²) in [4.78, 5) is 34.6. The number of hydrogen-bond donors (Lipinski definition) is 1. The summed E-state index contributed by atoms with van der Waals surface area (Å²) >= 11 is 0. The normalized spacial score (nSPS) is 10.2. The van der Waals surface area contributed by atoms with Crippen LogP contribution < -0.4 is 10.1 Å². The average molecular weight is 420 g/mol. The van der Waals surface area contributed by atoms with Crippen LogP contribution in [-0.2, 0) is 16.1 Å². The minimum Gasteiger partial charge on any atom is -0.489 e. The first-order valence-corrected chi connectivity index (χ1v) is 9.41. The highest BCUT2D eigenvalue weighted by Crippen LogP contribution is 2.22. The second kappa shape index (κ2) is 10.0. The number of carbonyl (C=O) groups excluding carboxylic acids is 2. The Labute approximate surface area is 178 Å². The molecule has 0 aliphatic carbocycles. The summed E-state index contributed by atoms with van der Waals surface area (Å²) in [6, 6.07) is 20.2. The fourth-order valence-corrected chi connectivity index (χ4v) is 2.69. The van der Waals surface area contributed by atoms with E-state index in [9.17, 15) is 19.7 Å². The van der Waals surface area contributed by atoms with E-state index in [-0.39, 0.29) is 16.9 Å². The zero-order chi connectivity index (χ0) is 22.2. The highest BCUT2D eigenvalue weighted by atomic mass is 16.6. The number of nitro groups is 1. The first-order valence-electron chi connectivity index (χ1n) is 9.41. The lowest BCUT2D eigenvalue weighted by molar-refractivity contribution is -0.384. The molecule has 8 heteroatoms. The van der Waals surface area contributed by atoms with E-state index in [1.807, 2.05) is 30.3 Å². The zero-order valence-electron chi connectivity index (χ0n) is 16.7. The van der Waals surface area contributed by atoms with Crippen molar-refractivity contribution in [1.29, 1.82) is 0 Å². The fraction of sp³-hybridized carbons (Fsp3) is 0.130. The molecule has 1 N–H and O–H groups in total. The van der Waals surface area contributed by atoms with Crippen LogP contribution in [0.1, 0.15) is 21.5 Å². The maximum atomic E-state index is 12.2. The van der Waals surface area contributed by atoms with Crippen LogP contribution in [0.5, 0.6) is 5.75 Å². The van der Waals surface area contributed by atoms with Gasteiger partial charge in [-0.1, -0.05) is 36.4 Å². The minimum atomic E-state index is -0.666. The van der Waals surface area contributed by atoms with Crippen LogP contribution in [0.3, 0.4) is 0 Å². The predicted molar refractivity (Wildman–Crippen MR) is 114 cm³/mol. The number of amides is 1. The lowest BCUT2D eigenvalue weighted by Crippen LogP contribution is -2.21. The molecule has 0 bridgehead atoms. The molecule has 1 amide bonds. The lowest BCUT2D eigenvalue weighted by Gasteiger charge is -2.09. The number of nitro benzene ring substituents is 1. The van der Waals surface area contributed by atoms with Crippen molar-refractivity contribution in [3.05, 3.63) is 99.6 Å². The molecule has 0 spiro atoms. The van der Waals surface area contributed by atoms with Gasteiger partial charge in [-0.05, 0) is 42.3 Å². The van der Waals surface area contributed by atoms with Gasteiger partial charge in [0.05, 0.1) is 16.2 Å². The van der Waals surface area contributed by atoms with Gasteiger partial charge >= 0.3 is 5.97 Å². The van der Waals surface area contributed by atoms with Gasteiger partial charge in [0.2, 0.25) is 0 Å². The largest absolute Gasteiger partial charge is 0.489 e. The van der Waals surface area contributed by atoms with E-state index >= 15 is 0 Å². The van der Waals surface area contributed by atoms with Gasteiger partial charge in [-0.2, -0.15) is 0 Å². The number of carbonyl (C=O) groups is 2. The van der Waals surface area contributed by atoms with E-state index in [1.54, 1.807) is 31.2 Å². The number of ether oxygens (including phenoxy) is 2. The molecule has 3 aromatic carbocycles. The van der Waals surface area contributed by atoms with Crippen LogP contribution in [-0.4, -0.2) is 23.4 Å². The van der Waals surface area contributed by atoms with Crippen LogP contribution in [0.25, 0.3) is 0 Å². The summed E-state index contributed by atoms with van der Waals surface area (Å²) in [6.45, 7) is 1.59. The molecular weight excluding hydrogens is 400 g/mol. The Morgan fingerprint density at radius 1 is 1.00 bits per heavy atom. The van der Waals surface area contributed by atoms with Gasteiger partial charge in [0.15, 0.2) is 6.61 Å². The van der Waals surface area contributed by atoms with Crippen molar-refractivity contribution in [3.63, 3.8) is 0 Å². The van der Waals surface area contributed by atoms with Crippen LogP contribution in [0.15, 0.2) is 72.8 Å². The molecule has 0 saturated carbocycles. The Bertz CT molecular complexity index is 1080. The number of non-ortho nitro benzene ring substituents is 1. The molecule has 0 heterocycles. The van der Waals surface area contributed by atoms with Crippen LogP contribution in [0.4, 0.5) is 11.4 Å². The second-order valence-electron chi connectivity index (χ2n) is 6.68. The van der Waals surface area contributed by atoms with E-state index in [0.717, 1.165) is 5.56 Å². The van der Waals surface area contributed by atoms with E-state index in [2.05, 4.69) is 5.32 Å². The standard InChI is InChI=1S/C23H20N2O6/c1-16-7-10-19(25(28)29)13-21(16)24-22(26)15-31-23(27)18-8-11-20(12-9-18)30-14-17-5-3-2-4-6-17/h2-13H,14-15H2,1H3,(H,24,26). The molecule has 0 atom stereocenters. The number of esters is 1. The summed E-state index contributed by atoms with van der Waals surface area (Å²) in [6.07, 6.45) is 0. The smallest absolute Gasteiger partial charge is 0.338 e. The summed E-state index contributed by atoms with van der Waals surface area (Å²) in [5, 5.41) is 13.4. The molecule has 3 aromatic rings. The summed E-state index contributed by atoms with van der Waals surface area (Å²) in [5.41, 5.74) is 2.08. The molecular formula is C23H20N2O6. The van der Waals surface area contributed by atoms with Crippen molar-refractivity contribution in [3.8, 4) is 5.75 Å². The molecule has 31 heavy (non-hydrogen) atoms. The van der Waals surface area contributed by atoms with Gasteiger partial charge in [0, 0.05) is 12.1 Å². The molecule has 0 fully saturated rings. The van der Waals surface area contributed by atoms with E-state index in [4.69, 9.17) is 9.47 Å². The van der Waals surface area contributed by atoms with E-state index in [1.165, 1.54) is 18.2 Å². The molecule has 3 rings (SSSR count). The number of aryl methyl sites for hydroxylation is 1. The van der Waals surface area contributed by atoms with Crippen LogP contribution in [0.2, 0.25) is 0 Å². The Hall–Kier alpha value is -4.20. The Morgan fingerprint density at radius 2 is 1.71 bits per heavy atom. The van der Waals surface area contributed by atoms with Crippen molar-refractivity contribution in [2.24, 2.45) is 0 Å². The monoisotopic (exact) mass is 420 g/mol. The highest BCUT2D eigenvalue weighted by Gasteiger charge is 2.14. The number of nitrogens with one attached hydrogen (secondary N) is 1. The first-order chi connectivity index (χ1) is 14.9.